The molecule has 0 aliphatic heterocycles. The number of azo groups is 2. The van der Waals surface area contributed by atoms with E-state index in [0.717, 1.165) is 30.4 Å². The Labute approximate surface area is 470 Å². The van der Waals surface area contributed by atoms with E-state index in [1.165, 1.54) is 91.0 Å². The van der Waals surface area contributed by atoms with Gasteiger partial charge >= 0.3 is 99.8 Å². The number of hydrogen-bond acceptors (Lipinski definition) is 20. The van der Waals surface area contributed by atoms with Gasteiger partial charge in [-0.25, -0.2) is 32.7 Å². The van der Waals surface area contributed by atoms with Gasteiger partial charge in [0.15, 0.2) is 0 Å². The molecule has 0 atom stereocenters. The molecule has 20 nitrogen and oxygen atoms in total. The first-order valence-corrected chi connectivity index (χ1v) is 22.6. The molecule has 0 spiro atoms. The van der Waals surface area contributed by atoms with Crippen LogP contribution in [0, 0.1) is 13.0 Å². The number of ether oxygens (including phenoxy) is 6. The molecule has 6 aromatic carbocycles. The maximum atomic E-state index is 14.1. The van der Waals surface area contributed by atoms with Crippen molar-refractivity contribution < 1.29 is 145 Å². The van der Waals surface area contributed by atoms with Crippen molar-refractivity contribution in [3.05, 3.63) is 175 Å². The second-order valence-electron chi connectivity index (χ2n) is 14.0. The van der Waals surface area contributed by atoms with Gasteiger partial charge in [-0.05, 0) is 110 Å². The molecule has 75 heavy (non-hydrogen) atoms. The van der Waals surface area contributed by atoms with Crippen LogP contribution in [0.5, 0.6) is 23.0 Å². The van der Waals surface area contributed by atoms with Crippen LogP contribution in [0.15, 0.2) is 172 Å². The van der Waals surface area contributed by atoms with Gasteiger partial charge in [0.25, 0.3) is 0 Å². The minimum atomic E-state index is -5.09. The first-order valence-electron chi connectivity index (χ1n) is 20.2. The van der Waals surface area contributed by atoms with Crippen molar-refractivity contribution in [2.24, 2.45) is 20.5 Å². The third-order valence-corrected chi connectivity index (χ3v) is 9.96. The van der Waals surface area contributed by atoms with Gasteiger partial charge in [0.1, 0.15) is 38.7 Å². The van der Waals surface area contributed by atoms with E-state index in [9.17, 15) is 45.3 Å². The van der Waals surface area contributed by atoms with E-state index in [-0.39, 0.29) is 117 Å². The molecule has 27 heteroatoms. The fraction of sp³-hybridized carbons (Fsp3) is 0.0833. The monoisotopic (exact) mass is 1090 g/mol. The van der Waals surface area contributed by atoms with Crippen LogP contribution in [-0.2, 0) is 46.0 Å². The minimum absolute atomic E-state index is 0. The number of benzene rings is 6. The van der Waals surface area contributed by atoms with Gasteiger partial charge in [0.05, 0.1) is 28.2 Å². The summed E-state index contributed by atoms with van der Waals surface area (Å²) in [6.07, 6.45) is -3.05. The molecule has 0 N–H and O–H groups in total. The van der Waals surface area contributed by atoms with Gasteiger partial charge in [-0.2, -0.15) is 28.5 Å². The van der Waals surface area contributed by atoms with Crippen LogP contribution in [0.3, 0.4) is 0 Å². The number of carbonyl (C=O) groups excluding carboxylic acids is 4. The van der Waals surface area contributed by atoms with E-state index < -0.39 is 73.8 Å². The van der Waals surface area contributed by atoms with Crippen molar-refractivity contribution in [3.8, 4) is 34.1 Å². The molecule has 6 aromatic rings. The van der Waals surface area contributed by atoms with Gasteiger partial charge in [-0.15, -0.1) is 42.5 Å². The Kier molecular flexibility index (Phi) is 24.0. The zero-order valence-corrected chi connectivity index (χ0v) is 44.9. The summed E-state index contributed by atoms with van der Waals surface area (Å²) >= 11 is 0. The van der Waals surface area contributed by atoms with Gasteiger partial charge in [-0.3, -0.25) is 0 Å². The maximum absolute atomic E-state index is 14.1. The number of esters is 4. The molecule has 376 valence electrons. The quantitative estimate of drug-likeness (QED) is 0.0173. The standard InChI is InChI=1S/C48H34F3N4O13S.2Na.O3S/c1-4-44(56)65-27-63-37-17-8-31(9-18-37)46(58)67-41-22-15-34(24-29(41)3)53-55-36-14-21-39(43(26-36)69(60,61)62)30-6-12-33(13-7-30)52-54-35-16-23-42(40(25-35)48(49,50)51)68-47(59)32-10-19-38(20-11-32)64-28-66-45(57)5-2;;;1-4(2)3/h4-6,8-26H,1-2,27-28H2,3H3,(H,60,61,62);;;/q-1;2*+1;/p-1. The molecule has 0 saturated heterocycles. The summed E-state index contributed by atoms with van der Waals surface area (Å²) in [7, 11) is -8.20. The Balaban J connectivity index is 0.00000238. The summed E-state index contributed by atoms with van der Waals surface area (Å²) in [5.41, 5.74) is -0.488. The summed E-state index contributed by atoms with van der Waals surface area (Å²) in [5, 5.41) is 16.0. The fourth-order valence-electron chi connectivity index (χ4n) is 5.70. The summed E-state index contributed by atoms with van der Waals surface area (Å²) in [6.45, 7) is 7.39. The minimum Gasteiger partial charge on any atom is -0.745 e. The Morgan fingerprint density at radius 2 is 1.07 bits per heavy atom. The third kappa shape index (κ3) is 19.5. The molecule has 0 aliphatic carbocycles. The number of carbonyl (C=O) groups is 4. The van der Waals surface area contributed by atoms with Gasteiger partial charge < -0.3 is 33.0 Å². The summed E-state index contributed by atoms with van der Waals surface area (Å²) in [5.74, 6) is -3.21. The Bertz CT molecular complexity index is 3340. The van der Waals surface area contributed by atoms with E-state index in [1.54, 1.807) is 13.0 Å². The van der Waals surface area contributed by atoms with Crippen LogP contribution in [-0.4, -0.2) is 63.1 Å². The van der Waals surface area contributed by atoms with Crippen LogP contribution in [0.4, 0.5) is 35.9 Å². The van der Waals surface area contributed by atoms with Crippen LogP contribution >= 0.6 is 0 Å². The molecule has 0 fully saturated rings. The average Bonchev–Trinajstić information content (AvgIpc) is 3.35. The molecule has 6 rings (SSSR count). The Morgan fingerprint density at radius 1 is 0.640 bits per heavy atom. The van der Waals surface area contributed by atoms with E-state index in [2.05, 4.69) is 44.4 Å². The Morgan fingerprint density at radius 3 is 1.51 bits per heavy atom. The zero-order valence-electron chi connectivity index (χ0n) is 39.3. The first-order chi connectivity index (χ1) is 34.6. The zero-order chi connectivity index (χ0) is 53.3. The maximum Gasteiger partial charge on any atom is 1.00 e. The molecule has 0 aromatic heterocycles. The smallest absolute Gasteiger partial charge is 0.745 e. The van der Waals surface area contributed by atoms with Crippen molar-refractivity contribution in [1.82, 2.24) is 0 Å². The molecule has 0 amide bonds. The molecule has 0 saturated carbocycles. The Hall–Kier alpha value is -7.20. The van der Waals surface area contributed by atoms with Crippen molar-refractivity contribution in [2.45, 2.75) is 18.0 Å². The number of aryl methyl sites for hydroxylation is 1. The third-order valence-electron chi connectivity index (χ3n) is 9.08. The van der Waals surface area contributed by atoms with Gasteiger partial charge in [0.2, 0.25) is 13.6 Å². The van der Waals surface area contributed by atoms with E-state index >= 15 is 0 Å². The molecular weight excluding hydrogens is 1060 g/mol. The van der Waals surface area contributed by atoms with Crippen molar-refractivity contribution >= 4 is 67.4 Å². The van der Waals surface area contributed by atoms with E-state index in [0.29, 0.717) is 23.1 Å². The summed E-state index contributed by atoms with van der Waals surface area (Å²) in [4.78, 5) is 47.1. The van der Waals surface area contributed by atoms with Crippen LogP contribution in [0.1, 0.15) is 31.8 Å². The van der Waals surface area contributed by atoms with Crippen LogP contribution in [0.25, 0.3) is 11.1 Å². The predicted molar refractivity (Wildman–Crippen MR) is 246 cm³/mol. The SMILES string of the molecule is C=CC(=O)OCOc1ccc(C(=O)Oc2ccc(N=Nc3ccc(-c4[c-]cc(N=Nc5ccc(OC(=O)c6ccc(OCOC(=O)C=C)cc6)c(C(F)(F)F)c5)cc4)c(S(=O)(=O)[O-])c3)cc2C)cc1.O=S(=O)=O.[Na+].[Na+]. The van der Waals surface area contributed by atoms with Gasteiger partial charge in [0, 0.05) is 22.7 Å². The molecule has 0 radical (unpaired) electrons. The first kappa shape index (κ1) is 62.1. The average molecular weight is 1090 g/mol. The molecule has 0 heterocycles. The largest absolute Gasteiger partial charge is 1.00 e. The predicted octanol–water partition coefficient (Wildman–Crippen LogP) is 3.79. The van der Waals surface area contributed by atoms with Crippen molar-refractivity contribution in [1.29, 1.82) is 0 Å². The normalized spacial score (nSPS) is 10.8. The number of hydrogen-bond donors (Lipinski definition) is 0. The second kappa shape index (κ2) is 29.0. The molecular formula is C48H33F3N4Na2O16S2. The number of nitrogens with zero attached hydrogens (tertiary/aromatic N) is 4. The van der Waals surface area contributed by atoms with Gasteiger partial charge in [-0.1, -0.05) is 24.8 Å². The fourth-order valence-corrected chi connectivity index (χ4v) is 6.41. The molecule has 0 unspecified atom stereocenters. The topological polar surface area (TPSA) is 282 Å². The van der Waals surface area contributed by atoms with Crippen LogP contribution in [0.2, 0.25) is 0 Å². The summed E-state index contributed by atoms with van der Waals surface area (Å²) < 4.78 is 135. The molecule has 0 aliphatic rings. The van der Waals surface area contributed by atoms with E-state index in [4.69, 9.17) is 36.3 Å². The number of halogens is 3. The van der Waals surface area contributed by atoms with Crippen molar-refractivity contribution in [2.75, 3.05) is 13.6 Å². The summed E-state index contributed by atoms with van der Waals surface area (Å²) in [6, 6.07) is 28.7. The number of alkyl halides is 3. The second-order valence-corrected chi connectivity index (χ2v) is 15.8. The van der Waals surface area contributed by atoms with E-state index in [1.807, 2.05) is 0 Å². The molecule has 0 bridgehead atoms. The van der Waals surface area contributed by atoms with Crippen LogP contribution < -0.4 is 78.1 Å². The number of rotatable bonds is 18. The van der Waals surface area contributed by atoms with Crippen molar-refractivity contribution in [3.63, 3.8) is 0 Å².